The highest BCUT2D eigenvalue weighted by atomic mass is 16.7. The Kier molecular flexibility index (Phi) is 2.31. The van der Waals surface area contributed by atoms with Gasteiger partial charge in [-0.1, -0.05) is 12.8 Å². The number of rotatable bonds is 0. The average molecular weight is 140 g/mol. The summed E-state index contributed by atoms with van der Waals surface area (Å²) >= 11 is 0. The normalized spacial score (nSPS) is 21.8. The van der Waals surface area contributed by atoms with Crippen LogP contribution in [0.1, 0.15) is 20.3 Å². The van der Waals surface area contributed by atoms with Gasteiger partial charge in [0.1, 0.15) is 0 Å². The zero-order chi connectivity index (χ0) is 7.45. The standard InChI is InChI=1S/C8H12O2/c1-3-4-5-8(2)9-6-7-10-8/h3,6-7H2,1-2H3. The largest absolute Gasteiger partial charge is 0.337 e. The van der Waals surface area contributed by atoms with Gasteiger partial charge >= 0.3 is 0 Å². The van der Waals surface area contributed by atoms with Gasteiger partial charge in [0, 0.05) is 13.3 Å². The molecule has 0 aliphatic carbocycles. The second kappa shape index (κ2) is 3.05. The number of hydrogen-bond acceptors (Lipinski definition) is 2. The van der Waals surface area contributed by atoms with Crippen molar-refractivity contribution in [1.29, 1.82) is 0 Å². The third kappa shape index (κ3) is 1.73. The van der Waals surface area contributed by atoms with E-state index in [9.17, 15) is 0 Å². The molecule has 0 radical (unpaired) electrons. The zero-order valence-electron chi connectivity index (χ0n) is 6.44. The van der Waals surface area contributed by atoms with Gasteiger partial charge in [0.2, 0.25) is 5.79 Å². The SMILES string of the molecule is CCC#CC1(C)OCCO1. The lowest BCUT2D eigenvalue weighted by Gasteiger charge is -2.13. The number of hydrogen-bond donors (Lipinski definition) is 0. The quantitative estimate of drug-likeness (QED) is 0.470. The first-order valence-electron chi connectivity index (χ1n) is 3.55. The number of ether oxygens (including phenoxy) is 2. The molecule has 2 nitrogen and oxygen atoms in total. The monoisotopic (exact) mass is 140 g/mol. The van der Waals surface area contributed by atoms with E-state index in [1.807, 2.05) is 13.8 Å². The van der Waals surface area contributed by atoms with Gasteiger partial charge in [-0.05, 0) is 5.92 Å². The van der Waals surface area contributed by atoms with Crippen molar-refractivity contribution in [3.63, 3.8) is 0 Å². The van der Waals surface area contributed by atoms with E-state index in [0.717, 1.165) is 6.42 Å². The molecule has 1 heterocycles. The van der Waals surface area contributed by atoms with Gasteiger partial charge in [0.05, 0.1) is 13.2 Å². The fourth-order valence-corrected chi connectivity index (χ4v) is 0.836. The lowest BCUT2D eigenvalue weighted by atomic mass is 10.3. The van der Waals surface area contributed by atoms with Gasteiger partial charge in [-0.25, -0.2) is 0 Å². The van der Waals surface area contributed by atoms with Crippen molar-refractivity contribution in [2.75, 3.05) is 13.2 Å². The Bertz CT molecular complexity index is 158. The first-order chi connectivity index (χ1) is 4.77. The Morgan fingerprint density at radius 2 is 2.00 bits per heavy atom. The fourth-order valence-electron chi connectivity index (χ4n) is 0.836. The molecule has 0 aromatic carbocycles. The molecule has 0 bridgehead atoms. The van der Waals surface area contributed by atoms with Crippen LogP contribution in [0.25, 0.3) is 0 Å². The minimum atomic E-state index is -0.615. The van der Waals surface area contributed by atoms with E-state index in [0.29, 0.717) is 13.2 Å². The van der Waals surface area contributed by atoms with Crippen LogP contribution in [0.2, 0.25) is 0 Å². The van der Waals surface area contributed by atoms with E-state index >= 15 is 0 Å². The molecule has 0 amide bonds. The van der Waals surface area contributed by atoms with Crippen molar-refractivity contribution in [2.45, 2.75) is 26.1 Å². The van der Waals surface area contributed by atoms with Gasteiger partial charge in [-0.15, -0.1) is 0 Å². The first-order valence-corrected chi connectivity index (χ1v) is 3.55. The second-order valence-electron chi connectivity index (χ2n) is 2.30. The predicted molar refractivity (Wildman–Crippen MR) is 38.4 cm³/mol. The van der Waals surface area contributed by atoms with Crippen LogP contribution in [0.4, 0.5) is 0 Å². The Balaban J connectivity index is 2.51. The lowest BCUT2D eigenvalue weighted by molar-refractivity contribution is -0.0911. The predicted octanol–water partition coefficient (Wildman–Crippen LogP) is 1.16. The third-order valence-corrected chi connectivity index (χ3v) is 1.33. The molecule has 1 fully saturated rings. The maximum absolute atomic E-state index is 5.25. The zero-order valence-corrected chi connectivity index (χ0v) is 6.44. The Hall–Kier alpha value is -0.520. The molecule has 2 heteroatoms. The van der Waals surface area contributed by atoms with Gasteiger partial charge in [-0.2, -0.15) is 0 Å². The van der Waals surface area contributed by atoms with Crippen LogP contribution in [0.3, 0.4) is 0 Å². The lowest BCUT2D eigenvalue weighted by Crippen LogP contribution is -2.22. The smallest absolute Gasteiger partial charge is 0.230 e. The van der Waals surface area contributed by atoms with Gasteiger partial charge < -0.3 is 9.47 Å². The van der Waals surface area contributed by atoms with Crippen molar-refractivity contribution < 1.29 is 9.47 Å². The maximum Gasteiger partial charge on any atom is 0.230 e. The summed E-state index contributed by atoms with van der Waals surface area (Å²) in [6.45, 7) is 5.18. The van der Waals surface area contributed by atoms with Crippen molar-refractivity contribution in [1.82, 2.24) is 0 Å². The molecule has 56 valence electrons. The minimum absolute atomic E-state index is 0.615. The summed E-state index contributed by atoms with van der Waals surface area (Å²) in [5.74, 6) is 5.23. The van der Waals surface area contributed by atoms with Crippen LogP contribution in [0, 0.1) is 11.8 Å². The molecule has 0 saturated carbocycles. The Morgan fingerprint density at radius 1 is 1.40 bits per heavy atom. The molecule has 0 spiro atoms. The van der Waals surface area contributed by atoms with Crippen LogP contribution in [0.15, 0.2) is 0 Å². The highest BCUT2D eigenvalue weighted by Gasteiger charge is 2.27. The minimum Gasteiger partial charge on any atom is -0.337 e. The summed E-state index contributed by atoms with van der Waals surface area (Å²) in [5.41, 5.74) is 0. The van der Waals surface area contributed by atoms with E-state index < -0.39 is 5.79 Å². The van der Waals surface area contributed by atoms with E-state index in [4.69, 9.17) is 9.47 Å². The van der Waals surface area contributed by atoms with Gasteiger partial charge in [0.25, 0.3) is 0 Å². The summed E-state index contributed by atoms with van der Waals surface area (Å²) < 4.78 is 10.5. The van der Waals surface area contributed by atoms with Gasteiger partial charge in [0.15, 0.2) is 0 Å². The molecule has 1 rings (SSSR count). The molecule has 1 aliphatic rings. The summed E-state index contributed by atoms with van der Waals surface area (Å²) in [6.07, 6.45) is 0.850. The van der Waals surface area contributed by atoms with Crippen LogP contribution >= 0.6 is 0 Å². The molecule has 0 aromatic heterocycles. The fraction of sp³-hybridized carbons (Fsp3) is 0.750. The summed E-state index contributed by atoms with van der Waals surface area (Å²) in [5, 5.41) is 0. The van der Waals surface area contributed by atoms with Crippen LogP contribution in [-0.4, -0.2) is 19.0 Å². The Morgan fingerprint density at radius 3 is 2.50 bits per heavy atom. The second-order valence-corrected chi connectivity index (χ2v) is 2.30. The van der Waals surface area contributed by atoms with Crippen molar-refractivity contribution >= 4 is 0 Å². The molecule has 10 heavy (non-hydrogen) atoms. The summed E-state index contributed by atoms with van der Waals surface area (Å²) in [7, 11) is 0. The van der Waals surface area contributed by atoms with E-state index in [1.54, 1.807) is 0 Å². The van der Waals surface area contributed by atoms with E-state index in [2.05, 4.69) is 11.8 Å². The van der Waals surface area contributed by atoms with Crippen LogP contribution < -0.4 is 0 Å². The highest BCUT2D eigenvalue weighted by molar-refractivity contribution is 5.09. The molecule has 1 saturated heterocycles. The topological polar surface area (TPSA) is 18.5 Å². The van der Waals surface area contributed by atoms with E-state index in [1.165, 1.54) is 0 Å². The van der Waals surface area contributed by atoms with Crippen molar-refractivity contribution in [3.8, 4) is 11.8 Å². The molecular formula is C8H12O2. The van der Waals surface area contributed by atoms with Crippen molar-refractivity contribution in [3.05, 3.63) is 0 Å². The third-order valence-electron chi connectivity index (χ3n) is 1.33. The summed E-state index contributed by atoms with van der Waals surface area (Å²) in [6, 6.07) is 0. The molecule has 0 aromatic rings. The summed E-state index contributed by atoms with van der Waals surface area (Å²) in [4.78, 5) is 0. The molecule has 0 atom stereocenters. The first kappa shape index (κ1) is 7.59. The molecule has 1 aliphatic heterocycles. The highest BCUT2D eigenvalue weighted by Crippen LogP contribution is 2.16. The molecular weight excluding hydrogens is 128 g/mol. The van der Waals surface area contributed by atoms with Gasteiger partial charge in [-0.3, -0.25) is 0 Å². The molecule has 0 N–H and O–H groups in total. The maximum atomic E-state index is 5.25. The Labute approximate surface area is 61.5 Å². The average Bonchev–Trinajstić information content (AvgIpc) is 2.33. The van der Waals surface area contributed by atoms with Crippen LogP contribution in [-0.2, 0) is 9.47 Å². The van der Waals surface area contributed by atoms with Crippen LogP contribution in [0.5, 0.6) is 0 Å². The molecule has 0 unspecified atom stereocenters. The van der Waals surface area contributed by atoms with Crippen molar-refractivity contribution in [2.24, 2.45) is 0 Å². The van der Waals surface area contributed by atoms with E-state index in [-0.39, 0.29) is 0 Å².